The van der Waals surface area contributed by atoms with Gasteiger partial charge in [0, 0.05) is 103 Å². The van der Waals surface area contributed by atoms with Crippen LogP contribution in [0.3, 0.4) is 0 Å². The van der Waals surface area contributed by atoms with Crippen LogP contribution in [0.1, 0.15) is 0 Å². The Bertz CT molecular complexity index is 21.3. The van der Waals surface area contributed by atoms with Gasteiger partial charge in [-0.3, -0.25) is 0 Å². The molecule has 4 radical (unpaired) electrons. The van der Waals surface area contributed by atoms with Crippen molar-refractivity contribution in [1.29, 1.82) is 0 Å². The standard InChI is InChI=1S/C3H8Si2.4W/c1-4-3-5-2;;;;/h3H2,1-2H3;;;;. The molecule has 52 valence electrons. The summed E-state index contributed by atoms with van der Waals surface area (Å²) in [7, 11) is 2.34. The van der Waals surface area contributed by atoms with E-state index in [1.54, 1.807) is 0 Å². The van der Waals surface area contributed by atoms with Crippen molar-refractivity contribution in [3.63, 3.8) is 0 Å². The van der Waals surface area contributed by atoms with Crippen LogP contribution >= 0.6 is 0 Å². The average Bonchev–Trinajstić information content (AvgIpc) is 1.41. The van der Waals surface area contributed by atoms with Crippen LogP contribution in [0.5, 0.6) is 0 Å². The third kappa shape index (κ3) is 35.1. The first-order valence-electron chi connectivity index (χ1n) is 1.71. The molecule has 0 atom stereocenters. The van der Waals surface area contributed by atoms with Gasteiger partial charge in [0.15, 0.2) is 0 Å². The maximum Gasteiger partial charge on any atom is 0.0307 e. The van der Waals surface area contributed by atoms with Crippen LogP contribution in [0.15, 0.2) is 0 Å². The molecule has 6 heteroatoms. The summed E-state index contributed by atoms with van der Waals surface area (Å²) in [6.07, 6.45) is 0. The van der Waals surface area contributed by atoms with Crippen LogP contribution in [0.4, 0.5) is 0 Å². The van der Waals surface area contributed by atoms with Crippen LogP contribution in [0.2, 0.25) is 18.8 Å². The molecule has 0 saturated heterocycles. The second-order valence-electron chi connectivity index (χ2n) is 0.884. The number of rotatable bonds is 2. The maximum atomic E-state index is 2.25. The van der Waals surface area contributed by atoms with Gasteiger partial charge in [-0.2, -0.15) is 0 Å². The molecule has 0 heterocycles. The average molecular weight is 836 g/mol. The fraction of sp³-hybridized carbons (Fsp3) is 1.00. The summed E-state index contributed by atoms with van der Waals surface area (Å²) in [5, 5.41) is 0. The summed E-state index contributed by atoms with van der Waals surface area (Å²) in [5.41, 5.74) is 1.44. The van der Waals surface area contributed by atoms with Gasteiger partial charge in [0.25, 0.3) is 0 Å². The Morgan fingerprint density at radius 2 is 1.00 bits per heavy atom. The van der Waals surface area contributed by atoms with Crippen LogP contribution in [-0.2, 0) is 84.3 Å². The van der Waals surface area contributed by atoms with Gasteiger partial charge >= 0.3 is 0 Å². The molecule has 0 aliphatic rings. The van der Waals surface area contributed by atoms with Gasteiger partial charge in [0.2, 0.25) is 0 Å². The van der Waals surface area contributed by atoms with E-state index in [-0.39, 0.29) is 84.3 Å². The zero-order chi connectivity index (χ0) is 4.12. The molecule has 0 aliphatic heterocycles. The van der Waals surface area contributed by atoms with E-state index in [4.69, 9.17) is 0 Å². The van der Waals surface area contributed by atoms with E-state index in [2.05, 4.69) is 13.1 Å². The molecule has 0 bridgehead atoms. The van der Waals surface area contributed by atoms with Gasteiger partial charge in [-0.25, -0.2) is 0 Å². The summed E-state index contributed by atoms with van der Waals surface area (Å²) >= 11 is 0. The minimum Gasteiger partial charge on any atom is -0.0735 e. The molecule has 0 aliphatic carbocycles. The topological polar surface area (TPSA) is 0 Å². The van der Waals surface area contributed by atoms with Crippen molar-refractivity contribution >= 4 is 19.0 Å². The smallest absolute Gasteiger partial charge is 0.0307 e. The molecule has 0 N–H and O–H groups in total. The van der Waals surface area contributed by atoms with Crippen molar-refractivity contribution in [2.24, 2.45) is 0 Å². The first-order chi connectivity index (χ1) is 2.41. The molecule has 0 unspecified atom stereocenters. The summed E-state index contributed by atoms with van der Waals surface area (Å²) in [6, 6.07) is 0. The number of hydrogen-bond acceptors (Lipinski definition) is 0. The van der Waals surface area contributed by atoms with Gasteiger partial charge in [0.1, 0.15) is 0 Å². The third-order valence-electron chi connectivity index (χ3n) is 0.354. The van der Waals surface area contributed by atoms with Crippen LogP contribution < -0.4 is 0 Å². The zero-order valence-corrected chi connectivity index (χ0v) is 19.1. The van der Waals surface area contributed by atoms with Crippen molar-refractivity contribution < 1.29 is 84.3 Å². The Kier molecular flexibility index (Phi) is 99.5. The van der Waals surface area contributed by atoms with Gasteiger partial charge in [-0.05, 0) is 0 Å². The van der Waals surface area contributed by atoms with Crippen molar-refractivity contribution in [3.05, 3.63) is 0 Å². The quantitative estimate of drug-likeness (QED) is 0.363. The molecular weight excluding hydrogens is 828 g/mol. The van der Waals surface area contributed by atoms with Crippen LogP contribution in [0, 0.1) is 0 Å². The van der Waals surface area contributed by atoms with E-state index < -0.39 is 0 Å². The predicted octanol–water partition coefficient (Wildman–Crippen LogP) is 0.857. The molecule has 0 rings (SSSR count). The molecule has 0 aromatic carbocycles. The Balaban J connectivity index is -0.0000000133. The summed E-state index contributed by atoms with van der Waals surface area (Å²) in [4.78, 5) is 0. The van der Waals surface area contributed by atoms with Gasteiger partial charge in [-0.15, -0.1) is 0 Å². The Morgan fingerprint density at radius 1 is 0.778 bits per heavy atom. The van der Waals surface area contributed by atoms with Crippen molar-refractivity contribution in [1.82, 2.24) is 0 Å². The molecule has 0 aromatic heterocycles. The SMILES string of the molecule is C[Si]C[Si]C.[W].[W].[W].[W]. The predicted molar refractivity (Wildman–Crippen MR) is 28.0 cm³/mol. The molecule has 0 saturated carbocycles. The molecule has 0 fully saturated rings. The first kappa shape index (κ1) is 29.5. The van der Waals surface area contributed by atoms with E-state index in [1.165, 1.54) is 24.7 Å². The van der Waals surface area contributed by atoms with E-state index in [0.717, 1.165) is 0 Å². The molecule has 0 aromatic rings. The maximum absolute atomic E-state index is 2.25. The van der Waals surface area contributed by atoms with Crippen molar-refractivity contribution in [2.45, 2.75) is 18.8 Å². The van der Waals surface area contributed by atoms with E-state index >= 15 is 0 Å². The summed E-state index contributed by atoms with van der Waals surface area (Å²) < 4.78 is 0. The van der Waals surface area contributed by atoms with E-state index in [0.29, 0.717) is 0 Å². The molecular formula is C3H8Si2W4. The van der Waals surface area contributed by atoms with E-state index in [9.17, 15) is 0 Å². The minimum atomic E-state index is 0. The summed E-state index contributed by atoms with van der Waals surface area (Å²) in [6.45, 7) is 4.49. The van der Waals surface area contributed by atoms with Crippen molar-refractivity contribution in [3.8, 4) is 0 Å². The minimum absolute atomic E-state index is 0. The first-order valence-corrected chi connectivity index (χ1v) is 5.12. The van der Waals surface area contributed by atoms with Crippen LogP contribution in [0.25, 0.3) is 0 Å². The Labute approximate surface area is 120 Å². The summed E-state index contributed by atoms with van der Waals surface area (Å²) in [5.74, 6) is 0. The van der Waals surface area contributed by atoms with Crippen molar-refractivity contribution in [2.75, 3.05) is 0 Å². The fourth-order valence-electron chi connectivity index (χ4n) is 0.177. The van der Waals surface area contributed by atoms with Crippen LogP contribution in [-0.4, -0.2) is 19.0 Å². The largest absolute Gasteiger partial charge is 0.0735 e. The second kappa shape index (κ2) is 30.3. The molecule has 0 spiro atoms. The monoisotopic (exact) mass is 836 g/mol. The second-order valence-corrected chi connectivity index (χ2v) is 3.71. The molecule has 0 nitrogen and oxygen atoms in total. The van der Waals surface area contributed by atoms with Gasteiger partial charge in [0.05, 0.1) is 0 Å². The van der Waals surface area contributed by atoms with Gasteiger partial charge < -0.3 is 0 Å². The van der Waals surface area contributed by atoms with E-state index in [1.807, 2.05) is 0 Å². The normalized spacial score (nSPS) is 4.67. The van der Waals surface area contributed by atoms with Gasteiger partial charge in [-0.1, -0.05) is 18.8 Å². The third-order valence-corrected chi connectivity index (χ3v) is 3.18. The Morgan fingerprint density at radius 3 is 1.00 bits per heavy atom. The zero-order valence-electron chi connectivity index (χ0n) is 5.34. The fourth-order valence-corrected chi connectivity index (χ4v) is 1.59. The number of hydrogen-bond donors (Lipinski definition) is 0. The Hall–Kier alpha value is 3.19. The molecule has 0 amide bonds. The molecule has 9 heavy (non-hydrogen) atoms.